The summed E-state index contributed by atoms with van der Waals surface area (Å²) in [6.07, 6.45) is 8.69. The fraction of sp³-hybridized carbons (Fsp3) is 0.306. The normalized spacial score (nSPS) is 21.6. The molecule has 7 aromatic carbocycles. The van der Waals surface area contributed by atoms with E-state index in [1.807, 2.05) is 176 Å². The predicted molar refractivity (Wildman–Crippen MR) is 346 cm³/mol. The lowest BCUT2D eigenvalue weighted by Crippen LogP contribution is -2.30. The Morgan fingerprint density at radius 2 is 0.920 bits per heavy atom. The lowest BCUT2D eigenvalue weighted by atomic mass is 9.72. The Bertz CT molecular complexity index is 4030. The number of benzene rings is 7. The van der Waals surface area contributed by atoms with Crippen molar-refractivity contribution in [3.05, 3.63) is 232 Å². The molecule has 0 fully saturated rings. The van der Waals surface area contributed by atoms with Crippen molar-refractivity contribution in [3.8, 4) is 45.6 Å². The number of aliphatic hydroxyl groups excluding tert-OH is 3. The maximum Gasteiger partial charge on any atom is 0.280 e. The lowest BCUT2D eigenvalue weighted by Gasteiger charge is -2.35. The van der Waals surface area contributed by atoms with Gasteiger partial charge in [-0.15, -0.1) is 0 Å². The summed E-state index contributed by atoms with van der Waals surface area (Å²) in [6, 6.07) is 52.0. The summed E-state index contributed by atoms with van der Waals surface area (Å²) < 4.78 is 83.5. The fourth-order valence-corrected chi connectivity index (χ4v) is 20.5. The molecular formula is C72H75O12P3. The smallest absolute Gasteiger partial charge is 0.280 e. The average Bonchev–Trinajstić information content (AvgIpc) is 0.935. The van der Waals surface area contributed by atoms with Gasteiger partial charge in [0.2, 0.25) is 0 Å². The van der Waals surface area contributed by atoms with Crippen LogP contribution in [0.4, 0.5) is 0 Å². The molecule has 0 bridgehead atoms. The van der Waals surface area contributed by atoms with Crippen molar-refractivity contribution in [1.82, 2.24) is 0 Å². The molecule has 15 heteroatoms. The average molecular weight is 1230 g/mol. The molecule has 2 aliphatic carbocycles. The van der Waals surface area contributed by atoms with Crippen molar-refractivity contribution in [2.24, 2.45) is 0 Å². The molecule has 7 unspecified atom stereocenters. The van der Waals surface area contributed by atoms with Crippen LogP contribution in [0.2, 0.25) is 0 Å². The molecule has 0 saturated heterocycles. The van der Waals surface area contributed by atoms with E-state index in [4.69, 9.17) is 27.8 Å². The summed E-state index contributed by atoms with van der Waals surface area (Å²) in [4.78, 5) is 0. The first kappa shape index (κ1) is 60.2. The highest BCUT2D eigenvalue weighted by Crippen LogP contribution is 2.65. The van der Waals surface area contributed by atoms with Gasteiger partial charge in [-0.05, 0) is 115 Å². The van der Waals surface area contributed by atoms with Crippen LogP contribution < -0.4 is 33.1 Å². The minimum absolute atomic E-state index is 0.109. The van der Waals surface area contributed by atoms with Gasteiger partial charge in [0.05, 0.1) is 52.7 Å². The Morgan fingerprint density at radius 3 is 1.53 bits per heavy atom. The van der Waals surface area contributed by atoms with Crippen molar-refractivity contribution in [1.29, 1.82) is 0 Å². The van der Waals surface area contributed by atoms with E-state index < -0.39 is 51.2 Å². The van der Waals surface area contributed by atoms with Crippen LogP contribution in [0.15, 0.2) is 199 Å². The zero-order valence-corrected chi connectivity index (χ0v) is 52.4. The zero-order valence-electron chi connectivity index (χ0n) is 49.7. The summed E-state index contributed by atoms with van der Waals surface area (Å²) in [7, 11) is -10.7. The summed E-state index contributed by atoms with van der Waals surface area (Å²) in [6.45, 7) is 8.14. The molecule has 3 N–H and O–H groups in total. The quantitative estimate of drug-likeness (QED) is 0.0551. The molecule has 0 saturated carbocycles. The van der Waals surface area contributed by atoms with E-state index in [2.05, 4.69) is 33.8 Å². The number of para-hydroxylation sites is 6. The van der Waals surface area contributed by atoms with E-state index in [0.29, 0.717) is 69.7 Å². The van der Waals surface area contributed by atoms with E-state index >= 15 is 4.57 Å². The third-order valence-corrected chi connectivity index (χ3v) is 25.2. The van der Waals surface area contributed by atoms with Crippen molar-refractivity contribution in [2.75, 3.05) is 38.3 Å². The molecule has 0 amide bonds. The molecule has 0 radical (unpaired) electrons. The largest absolute Gasteiger partial charge is 0.491 e. The molecule has 3 aliphatic heterocycles. The van der Waals surface area contributed by atoms with Crippen LogP contribution >= 0.6 is 22.1 Å². The second-order valence-electron chi connectivity index (χ2n) is 24.4. The Balaban J connectivity index is 0.809. The van der Waals surface area contributed by atoms with Gasteiger partial charge in [0.25, 0.3) is 22.1 Å². The van der Waals surface area contributed by atoms with Crippen LogP contribution in [0, 0.1) is 0 Å². The summed E-state index contributed by atoms with van der Waals surface area (Å²) >= 11 is 0. The third-order valence-electron chi connectivity index (χ3n) is 17.6. The number of aliphatic hydroxyl groups is 3. The molecule has 7 aromatic rings. The predicted octanol–water partition coefficient (Wildman–Crippen LogP) is 15.9. The van der Waals surface area contributed by atoms with E-state index in [0.717, 1.165) is 81.3 Å². The molecule has 0 spiro atoms. The Labute approximate surface area is 510 Å². The number of hydrogen-bond acceptors (Lipinski definition) is 12. The second-order valence-corrected chi connectivity index (χ2v) is 31.5. The summed E-state index contributed by atoms with van der Waals surface area (Å²) in [5.74, 6) is 3.36. The minimum Gasteiger partial charge on any atom is -0.491 e. The topological polar surface area (TPSA) is 167 Å². The highest BCUT2D eigenvalue weighted by atomic mass is 31.2. The van der Waals surface area contributed by atoms with Crippen LogP contribution in [-0.2, 0) is 37.4 Å². The molecule has 87 heavy (non-hydrogen) atoms. The van der Waals surface area contributed by atoms with Crippen molar-refractivity contribution in [3.63, 3.8) is 0 Å². The zero-order chi connectivity index (χ0) is 60.6. The van der Waals surface area contributed by atoms with Crippen LogP contribution in [-0.4, -0.2) is 71.9 Å². The number of rotatable bonds is 22. The van der Waals surface area contributed by atoms with Gasteiger partial charge < -0.3 is 43.1 Å². The van der Waals surface area contributed by atoms with Gasteiger partial charge >= 0.3 is 0 Å². The highest BCUT2D eigenvalue weighted by molar-refractivity contribution is 7.68. The molecule has 3 heterocycles. The van der Waals surface area contributed by atoms with Crippen LogP contribution in [0.1, 0.15) is 93.2 Å². The maximum atomic E-state index is 15.1. The Morgan fingerprint density at radius 1 is 0.471 bits per heavy atom. The number of fused-ring (bicyclic) bond motifs is 7. The molecule has 12 rings (SSSR count). The highest BCUT2D eigenvalue weighted by Gasteiger charge is 2.43. The van der Waals surface area contributed by atoms with Gasteiger partial charge in [-0.3, -0.25) is 13.7 Å². The molecule has 0 aromatic heterocycles. The first-order valence-electron chi connectivity index (χ1n) is 30.2. The van der Waals surface area contributed by atoms with Crippen molar-refractivity contribution >= 4 is 38.6 Å². The SMILES string of the molecule is CCC(C)(Cc1ccccc1OCC(O)CP1(=O)Oc2ccccc2C2=C1C=CCC2)c1cccc(CC(C)(C)c2ccccc2OCC(O)CP2(=O)Oc3ccccc3-c3ccccc32)c1OCC(O)CP1(=O)Oc2ccccc2C2=C1C=CCC2. The van der Waals surface area contributed by atoms with E-state index in [1.54, 1.807) is 6.07 Å². The van der Waals surface area contributed by atoms with Crippen molar-refractivity contribution < 1.29 is 56.8 Å². The first-order valence-corrected chi connectivity index (χ1v) is 35.7. The van der Waals surface area contributed by atoms with Crippen LogP contribution in [0.5, 0.6) is 34.5 Å². The molecule has 7 atom stereocenters. The van der Waals surface area contributed by atoms with Gasteiger partial charge in [-0.25, -0.2) is 0 Å². The van der Waals surface area contributed by atoms with Gasteiger partial charge in [0, 0.05) is 33.2 Å². The standard InChI is InChI=1S/C72H75O12P3/c1-5-72(4,42-49-23-6-14-33-62(49)79-43-51(73)46-85(76)67-38-19-10-28-57(67)54-25-7-15-34-63(54)82-85)61-32-22-24-50(70(61)81-45-53(75)48-87(78)69-40-21-12-30-59(69)56-27-9-17-36-65(56)84-87)41-71(2,3)60-31-13-18-37-66(60)80-44-52(74)47-86(77)68-39-20-11-29-58(68)55-26-8-16-35-64(55)83-86/h6-9,11,13-27,29,31-40,51-53,73-75H,5,10,12,28,30,41-48H2,1-4H3. The monoisotopic (exact) mass is 1220 g/mol. The van der Waals surface area contributed by atoms with Gasteiger partial charge in [0.15, 0.2) is 0 Å². The van der Waals surface area contributed by atoms with Crippen molar-refractivity contribution in [2.45, 2.75) is 102 Å². The number of hydrogen-bond donors (Lipinski definition) is 3. The Kier molecular flexibility index (Phi) is 17.2. The first-order chi connectivity index (χ1) is 42.0. The minimum atomic E-state index is -3.60. The molecule has 12 nitrogen and oxygen atoms in total. The second kappa shape index (κ2) is 24.8. The van der Waals surface area contributed by atoms with Gasteiger partial charge in [0.1, 0.15) is 54.3 Å². The molecular weight excluding hydrogens is 1150 g/mol. The third kappa shape index (κ3) is 12.3. The number of allylic oxidation sites excluding steroid dienone is 8. The van der Waals surface area contributed by atoms with Crippen LogP contribution in [0.3, 0.4) is 0 Å². The molecule has 5 aliphatic rings. The Hall–Kier alpha value is -7.13. The van der Waals surface area contributed by atoms with E-state index in [-0.39, 0.29) is 38.3 Å². The summed E-state index contributed by atoms with van der Waals surface area (Å²) in [5, 5.41) is 37.3. The fourth-order valence-electron chi connectivity index (χ4n) is 13.1. The summed E-state index contributed by atoms with van der Waals surface area (Å²) in [5.41, 5.74) is 7.82. The number of ether oxygens (including phenoxy) is 3. The maximum absolute atomic E-state index is 15.1. The van der Waals surface area contributed by atoms with Crippen LogP contribution in [0.25, 0.3) is 22.3 Å². The van der Waals surface area contributed by atoms with E-state index in [9.17, 15) is 24.4 Å². The van der Waals surface area contributed by atoms with E-state index in [1.165, 1.54) is 0 Å². The van der Waals surface area contributed by atoms with Gasteiger partial charge in [-0.1, -0.05) is 179 Å². The molecule has 450 valence electrons. The lowest BCUT2D eigenvalue weighted by molar-refractivity contribution is 0.120. The van der Waals surface area contributed by atoms with Gasteiger partial charge in [-0.2, -0.15) is 0 Å².